The fraction of sp³-hybridized carbons (Fsp3) is 0.692. The molecule has 0 amide bonds. The largest absolute Gasteiger partial charge is 0.370 e. The fourth-order valence-corrected chi connectivity index (χ4v) is 1.68. The lowest BCUT2D eigenvalue weighted by molar-refractivity contribution is 0.896. The molecule has 1 aromatic rings. The number of rotatable bonds is 7. The summed E-state index contributed by atoms with van der Waals surface area (Å²) in [6, 6.07) is 2.01. The molecule has 94 valence electrons. The van der Waals surface area contributed by atoms with Crippen LogP contribution >= 0.6 is 0 Å². The van der Waals surface area contributed by atoms with Gasteiger partial charge >= 0.3 is 0 Å². The van der Waals surface area contributed by atoms with E-state index in [0.29, 0.717) is 5.92 Å². The first-order valence-electron chi connectivity index (χ1n) is 6.70. The SMILES string of the molecule is CCCNc1cc(NCCC)nc(C2CC2)n1. The molecular weight excluding hydrogens is 212 g/mol. The molecule has 1 heterocycles. The van der Waals surface area contributed by atoms with Crippen molar-refractivity contribution in [1.82, 2.24) is 9.97 Å². The highest BCUT2D eigenvalue weighted by molar-refractivity contribution is 5.48. The molecule has 1 aliphatic carbocycles. The number of nitrogens with zero attached hydrogens (tertiary/aromatic N) is 2. The van der Waals surface area contributed by atoms with Gasteiger partial charge in [0.25, 0.3) is 0 Å². The van der Waals surface area contributed by atoms with Gasteiger partial charge in [-0.1, -0.05) is 13.8 Å². The first-order valence-corrected chi connectivity index (χ1v) is 6.70. The minimum absolute atomic E-state index is 0.598. The molecule has 0 saturated heterocycles. The first kappa shape index (κ1) is 12.1. The minimum atomic E-state index is 0.598. The Bertz CT molecular complexity index is 334. The summed E-state index contributed by atoms with van der Waals surface area (Å²) in [6.45, 7) is 6.25. The van der Waals surface area contributed by atoms with Gasteiger partial charge in [-0.05, 0) is 25.7 Å². The van der Waals surface area contributed by atoms with Crippen LogP contribution in [0.2, 0.25) is 0 Å². The van der Waals surface area contributed by atoms with Crippen molar-refractivity contribution in [1.29, 1.82) is 0 Å². The molecule has 0 spiro atoms. The highest BCUT2D eigenvalue weighted by Crippen LogP contribution is 2.38. The van der Waals surface area contributed by atoms with Crippen LogP contribution in [-0.4, -0.2) is 23.1 Å². The molecule has 1 fully saturated rings. The molecule has 4 heteroatoms. The van der Waals surface area contributed by atoms with Gasteiger partial charge in [0.1, 0.15) is 17.5 Å². The second-order valence-electron chi connectivity index (χ2n) is 4.62. The number of hydrogen-bond acceptors (Lipinski definition) is 4. The lowest BCUT2D eigenvalue weighted by atomic mass is 10.3. The lowest BCUT2D eigenvalue weighted by Crippen LogP contribution is -2.09. The van der Waals surface area contributed by atoms with E-state index in [1.807, 2.05) is 6.07 Å². The Balaban J connectivity index is 2.10. The molecule has 17 heavy (non-hydrogen) atoms. The predicted molar refractivity (Wildman–Crippen MR) is 71.6 cm³/mol. The Kier molecular flexibility index (Phi) is 4.18. The number of hydrogen-bond donors (Lipinski definition) is 2. The molecule has 0 aliphatic heterocycles. The van der Waals surface area contributed by atoms with E-state index in [-0.39, 0.29) is 0 Å². The summed E-state index contributed by atoms with van der Waals surface area (Å²) in [5, 5.41) is 6.69. The van der Waals surface area contributed by atoms with Crippen LogP contribution in [0.15, 0.2) is 6.07 Å². The van der Waals surface area contributed by atoms with Crippen LogP contribution < -0.4 is 10.6 Å². The first-order chi connectivity index (χ1) is 8.33. The molecule has 0 bridgehead atoms. The van der Waals surface area contributed by atoms with Crippen LogP contribution in [0.1, 0.15) is 51.3 Å². The molecule has 2 rings (SSSR count). The van der Waals surface area contributed by atoms with Crippen molar-refractivity contribution >= 4 is 11.6 Å². The van der Waals surface area contributed by atoms with Gasteiger partial charge in [0, 0.05) is 25.1 Å². The van der Waals surface area contributed by atoms with Gasteiger partial charge in [-0.2, -0.15) is 0 Å². The average Bonchev–Trinajstić information content (AvgIpc) is 3.18. The van der Waals surface area contributed by atoms with E-state index in [0.717, 1.165) is 43.4 Å². The van der Waals surface area contributed by atoms with Crippen LogP contribution in [0, 0.1) is 0 Å². The zero-order chi connectivity index (χ0) is 12.1. The lowest BCUT2D eigenvalue weighted by Gasteiger charge is -2.10. The average molecular weight is 234 g/mol. The maximum Gasteiger partial charge on any atom is 0.136 e. The zero-order valence-electron chi connectivity index (χ0n) is 10.8. The topological polar surface area (TPSA) is 49.8 Å². The van der Waals surface area contributed by atoms with Crippen molar-refractivity contribution in [2.24, 2.45) is 0 Å². The van der Waals surface area contributed by atoms with E-state index >= 15 is 0 Å². The quantitative estimate of drug-likeness (QED) is 0.761. The Morgan fingerprint density at radius 3 is 2.00 bits per heavy atom. The third-order valence-electron chi connectivity index (χ3n) is 2.80. The molecule has 1 saturated carbocycles. The van der Waals surface area contributed by atoms with E-state index < -0.39 is 0 Å². The molecular formula is C13H22N4. The minimum Gasteiger partial charge on any atom is -0.370 e. The Morgan fingerprint density at radius 1 is 1.06 bits per heavy atom. The third-order valence-corrected chi connectivity index (χ3v) is 2.80. The summed E-state index contributed by atoms with van der Waals surface area (Å²) in [5.74, 6) is 3.52. The second kappa shape index (κ2) is 5.84. The summed E-state index contributed by atoms with van der Waals surface area (Å²) in [6.07, 6.45) is 4.70. The van der Waals surface area contributed by atoms with Crippen LogP contribution in [0.25, 0.3) is 0 Å². The number of nitrogens with one attached hydrogen (secondary N) is 2. The van der Waals surface area contributed by atoms with Crippen molar-refractivity contribution in [3.8, 4) is 0 Å². The summed E-state index contributed by atoms with van der Waals surface area (Å²) < 4.78 is 0. The van der Waals surface area contributed by atoms with E-state index in [4.69, 9.17) is 0 Å². The second-order valence-corrected chi connectivity index (χ2v) is 4.62. The monoisotopic (exact) mass is 234 g/mol. The maximum atomic E-state index is 4.58. The van der Waals surface area contributed by atoms with E-state index in [9.17, 15) is 0 Å². The van der Waals surface area contributed by atoms with Crippen LogP contribution in [0.3, 0.4) is 0 Å². The fourth-order valence-electron chi connectivity index (χ4n) is 1.68. The standard InChI is InChI=1S/C13H22N4/c1-3-7-14-11-9-12(15-8-4-2)17-13(16-11)10-5-6-10/h9-10H,3-8H2,1-2H3,(H2,14,15,16,17). The maximum absolute atomic E-state index is 4.58. The molecule has 2 N–H and O–H groups in total. The van der Waals surface area contributed by atoms with Crippen LogP contribution in [0.5, 0.6) is 0 Å². The van der Waals surface area contributed by atoms with Gasteiger partial charge in [-0.3, -0.25) is 0 Å². The number of aromatic nitrogens is 2. The number of anilines is 2. The molecule has 0 atom stereocenters. The Morgan fingerprint density at radius 2 is 1.59 bits per heavy atom. The zero-order valence-corrected chi connectivity index (χ0v) is 10.8. The van der Waals surface area contributed by atoms with Gasteiger partial charge in [0.2, 0.25) is 0 Å². The van der Waals surface area contributed by atoms with Gasteiger partial charge < -0.3 is 10.6 Å². The Hall–Kier alpha value is -1.32. The van der Waals surface area contributed by atoms with Crippen molar-refractivity contribution in [3.05, 3.63) is 11.9 Å². The summed E-state index contributed by atoms with van der Waals surface area (Å²) in [4.78, 5) is 9.16. The normalized spacial score (nSPS) is 14.7. The van der Waals surface area contributed by atoms with Crippen LogP contribution in [-0.2, 0) is 0 Å². The van der Waals surface area contributed by atoms with Gasteiger partial charge in [-0.25, -0.2) is 9.97 Å². The molecule has 1 aromatic heterocycles. The molecule has 4 nitrogen and oxygen atoms in total. The highest BCUT2D eigenvalue weighted by Gasteiger charge is 2.27. The molecule has 0 unspecified atom stereocenters. The van der Waals surface area contributed by atoms with Crippen molar-refractivity contribution in [2.45, 2.75) is 45.4 Å². The van der Waals surface area contributed by atoms with E-state index in [2.05, 4.69) is 34.4 Å². The molecule has 0 radical (unpaired) electrons. The van der Waals surface area contributed by atoms with E-state index in [1.165, 1.54) is 12.8 Å². The van der Waals surface area contributed by atoms with Gasteiger partial charge in [-0.15, -0.1) is 0 Å². The predicted octanol–water partition coefficient (Wildman–Crippen LogP) is 3.00. The van der Waals surface area contributed by atoms with Crippen molar-refractivity contribution in [2.75, 3.05) is 23.7 Å². The highest BCUT2D eigenvalue weighted by atomic mass is 15.1. The van der Waals surface area contributed by atoms with Crippen molar-refractivity contribution in [3.63, 3.8) is 0 Å². The molecule has 1 aliphatic rings. The molecule has 0 aromatic carbocycles. The van der Waals surface area contributed by atoms with Gasteiger partial charge in [0.05, 0.1) is 0 Å². The summed E-state index contributed by atoms with van der Waals surface area (Å²) >= 11 is 0. The Labute approximate surface area is 103 Å². The smallest absolute Gasteiger partial charge is 0.136 e. The van der Waals surface area contributed by atoms with Gasteiger partial charge in [0.15, 0.2) is 0 Å². The van der Waals surface area contributed by atoms with Crippen molar-refractivity contribution < 1.29 is 0 Å². The third kappa shape index (κ3) is 3.58. The van der Waals surface area contributed by atoms with E-state index in [1.54, 1.807) is 0 Å². The van der Waals surface area contributed by atoms with Crippen LogP contribution in [0.4, 0.5) is 11.6 Å². The summed E-state index contributed by atoms with van der Waals surface area (Å²) in [7, 11) is 0. The summed E-state index contributed by atoms with van der Waals surface area (Å²) in [5.41, 5.74) is 0.